The molecular formula is C15H19BrN2O. The van der Waals surface area contributed by atoms with Crippen LogP contribution >= 0.6 is 15.9 Å². The van der Waals surface area contributed by atoms with Crippen LogP contribution in [0.1, 0.15) is 30.9 Å². The molecule has 3 nitrogen and oxygen atoms in total. The van der Waals surface area contributed by atoms with Gasteiger partial charge in [-0.3, -0.25) is 0 Å². The topological polar surface area (TPSA) is 38.5 Å². The lowest BCUT2D eigenvalue weighted by Crippen LogP contribution is -2.53. The minimum Gasteiger partial charge on any atom is -0.486 e. The van der Waals surface area contributed by atoms with Crippen LogP contribution < -0.4 is 10.5 Å². The lowest BCUT2D eigenvalue weighted by molar-refractivity contribution is -0.0439. The van der Waals surface area contributed by atoms with Crippen molar-refractivity contribution in [3.05, 3.63) is 28.2 Å². The highest BCUT2D eigenvalue weighted by Crippen LogP contribution is 2.48. The third kappa shape index (κ3) is 1.84. The number of hydrogen-bond acceptors (Lipinski definition) is 3. The van der Waals surface area contributed by atoms with E-state index in [1.54, 1.807) is 0 Å². The van der Waals surface area contributed by atoms with E-state index in [-0.39, 0.29) is 11.6 Å². The van der Waals surface area contributed by atoms with Crippen LogP contribution in [0.5, 0.6) is 5.75 Å². The molecule has 2 N–H and O–H groups in total. The Labute approximate surface area is 122 Å². The maximum atomic E-state index is 6.49. The Balaban J connectivity index is 1.72. The van der Waals surface area contributed by atoms with Crippen LogP contribution in [0.3, 0.4) is 0 Å². The third-order valence-corrected chi connectivity index (χ3v) is 5.61. The summed E-state index contributed by atoms with van der Waals surface area (Å²) in [6.07, 6.45) is 3.36. The van der Waals surface area contributed by atoms with Gasteiger partial charge < -0.3 is 15.4 Å². The largest absolute Gasteiger partial charge is 0.486 e. The number of benzene rings is 1. The second-order valence-corrected chi connectivity index (χ2v) is 7.11. The molecule has 102 valence electrons. The van der Waals surface area contributed by atoms with Gasteiger partial charge in [0.15, 0.2) is 0 Å². The molecule has 0 radical (unpaired) electrons. The SMILES string of the molecule is N[C@@H]1CC2(CCN3CCC2C3)Oc2ccc(Br)cc21. The van der Waals surface area contributed by atoms with Crippen molar-refractivity contribution in [3.8, 4) is 5.75 Å². The molecule has 4 atom stereocenters. The van der Waals surface area contributed by atoms with Crippen molar-refractivity contribution >= 4 is 15.9 Å². The summed E-state index contributed by atoms with van der Waals surface area (Å²) in [6, 6.07) is 6.33. The van der Waals surface area contributed by atoms with Crippen LogP contribution in [0.15, 0.2) is 22.7 Å². The Morgan fingerprint density at radius 3 is 3.16 bits per heavy atom. The Morgan fingerprint density at radius 2 is 2.26 bits per heavy atom. The van der Waals surface area contributed by atoms with Crippen molar-refractivity contribution in [1.82, 2.24) is 4.90 Å². The zero-order chi connectivity index (χ0) is 13.0. The lowest BCUT2D eigenvalue weighted by atomic mass is 9.75. The van der Waals surface area contributed by atoms with Crippen molar-refractivity contribution in [3.63, 3.8) is 0 Å². The molecule has 0 amide bonds. The number of halogens is 1. The molecule has 1 aromatic rings. The molecule has 2 bridgehead atoms. The Morgan fingerprint density at radius 1 is 1.37 bits per heavy atom. The number of nitrogens with two attached hydrogens (primary N) is 1. The van der Waals surface area contributed by atoms with E-state index < -0.39 is 0 Å². The second-order valence-electron chi connectivity index (χ2n) is 6.20. The molecule has 4 heteroatoms. The number of fused-ring (bicyclic) bond motifs is 4. The van der Waals surface area contributed by atoms with E-state index in [1.165, 1.54) is 19.5 Å². The van der Waals surface area contributed by atoms with E-state index in [2.05, 4.69) is 33.0 Å². The van der Waals surface area contributed by atoms with Crippen LogP contribution in [0.4, 0.5) is 0 Å². The zero-order valence-corrected chi connectivity index (χ0v) is 12.5. The molecule has 3 aliphatic heterocycles. The van der Waals surface area contributed by atoms with Gasteiger partial charge in [-0.05, 0) is 31.2 Å². The average Bonchev–Trinajstić information content (AvgIpc) is 2.81. The standard InChI is InChI=1S/C15H19BrN2O/c16-11-1-2-14-12(7-11)13(17)8-15(19-14)4-6-18-5-3-10(15)9-18/h1-2,7,10,13H,3-6,8-9,17H2/t10?,13-,15?/m1/s1. The minimum absolute atomic E-state index is 0.00670. The lowest BCUT2D eigenvalue weighted by Gasteiger charge is -2.47. The number of hydrogen-bond donors (Lipinski definition) is 1. The quantitative estimate of drug-likeness (QED) is 0.798. The molecule has 1 aromatic carbocycles. The van der Waals surface area contributed by atoms with Crippen LogP contribution in [0.25, 0.3) is 0 Å². The number of nitrogens with zero attached hydrogens (tertiary/aromatic N) is 1. The molecule has 2 fully saturated rings. The molecule has 2 saturated heterocycles. The summed E-state index contributed by atoms with van der Waals surface area (Å²) in [5.41, 5.74) is 7.58. The fraction of sp³-hybridized carbons (Fsp3) is 0.600. The van der Waals surface area contributed by atoms with Gasteiger partial charge in [-0.15, -0.1) is 0 Å². The van der Waals surface area contributed by atoms with Gasteiger partial charge in [-0.1, -0.05) is 15.9 Å². The number of rotatable bonds is 0. The summed E-state index contributed by atoms with van der Waals surface area (Å²) in [6.45, 7) is 3.59. The average molecular weight is 323 g/mol. The highest BCUT2D eigenvalue weighted by Gasteiger charge is 2.51. The summed E-state index contributed by atoms with van der Waals surface area (Å²) in [7, 11) is 0. The smallest absolute Gasteiger partial charge is 0.125 e. The van der Waals surface area contributed by atoms with Crippen molar-refractivity contribution in [1.29, 1.82) is 0 Å². The van der Waals surface area contributed by atoms with Gasteiger partial charge in [0.2, 0.25) is 0 Å². The molecule has 19 heavy (non-hydrogen) atoms. The van der Waals surface area contributed by atoms with Gasteiger partial charge in [0, 0.05) is 47.9 Å². The van der Waals surface area contributed by atoms with Gasteiger partial charge >= 0.3 is 0 Å². The zero-order valence-electron chi connectivity index (χ0n) is 10.9. The fourth-order valence-corrected chi connectivity index (χ4v) is 4.44. The van der Waals surface area contributed by atoms with Crippen molar-refractivity contribution < 1.29 is 4.74 Å². The van der Waals surface area contributed by atoms with E-state index in [4.69, 9.17) is 10.5 Å². The van der Waals surface area contributed by atoms with Gasteiger partial charge in [-0.2, -0.15) is 0 Å². The first kappa shape index (κ1) is 12.2. The first-order valence-electron chi connectivity index (χ1n) is 7.13. The summed E-state index contributed by atoms with van der Waals surface area (Å²) < 4.78 is 7.57. The van der Waals surface area contributed by atoms with Crippen molar-refractivity contribution in [2.75, 3.05) is 19.6 Å². The molecule has 0 aliphatic carbocycles. The highest BCUT2D eigenvalue weighted by atomic mass is 79.9. The summed E-state index contributed by atoms with van der Waals surface area (Å²) >= 11 is 3.52. The van der Waals surface area contributed by atoms with Gasteiger partial charge in [-0.25, -0.2) is 0 Å². The van der Waals surface area contributed by atoms with Crippen LogP contribution in [-0.4, -0.2) is 30.1 Å². The minimum atomic E-state index is -0.00670. The predicted molar refractivity (Wildman–Crippen MR) is 78.2 cm³/mol. The molecule has 4 rings (SSSR count). The fourth-order valence-electron chi connectivity index (χ4n) is 4.06. The van der Waals surface area contributed by atoms with Crippen LogP contribution in [-0.2, 0) is 0 Å². The van der Waals surface area contributed by atoms with Crippen molar-refractivity contribution in [2.24, 2.45) is 11.7 Å². The molecule has 3 heterocycles. The Kier molecular flexibility index (Phi) is 2.70. The summed E-state index contributed by atoms with van der Waals surface area (Å²) in [5, 5.41) is 0. The highest BCUT2D eigenvalue weighted by molar-refractivity contribution is 9.10. The Hall–Kier alpha value is -0.580. The van der Waals surface area contributed by atoms with E-state index in [1.807, 2.05) is 6.07 Å². The van der Waals surface area contributed by atoms with Crippen LogP contribution in [0.2, 0.25) is 0 Å². The molecule has 3 aliphatic rings. The third-order valence-electron chi connectivity index (χ3n) is 5.12. The molecule has 1 spiro atoms. The van der Waals surface area contributed by atoms with Crippen molar-refractivity contribution in [2.45, 2.75) is 30.9 Å². The van der Waals surface area contributed by atoms with Crippen LogP contribution in [0, 0.1) is 5.92 Å². The molecule has 0 aromatic heterocycles. The molecule has 3 unspecified atom stereocenters. The normalized spacial score (nSPS) is 40.0. The number of piperidine rings is 1. The van der Waals surface area contributed by atoms with E-state index in [0.29, 0.717) is 5.92 Å². The second kappa shape index (κ2) is 4.21. The Bertz CT molecular complexity index is 521. The van der Waals surface area contributed by atoms with E-state index in [0.717, 1.165) is 35.2 Å². The van der Waals surface area contributed by atoms with Gasteiger partial charge in [0.25, 0.3) is 0 Å². The number of ether oxygens (including phenoxy) is 1. The monoisotopic (exact) mass is 322 g/mol. The predicted octanol–water partition coefficient (Wildman–Crippen LogP) is 2.70. The summed E-state index contributed by atoms with van der Waals surface area (Å²) in [4.78, 5) is 2.56. The van der Waals surface area contributed by atoms with Gasteiger partial charge in [0.1, 0.15) is 11.4 Å². The molecule has 0 saturated carbocycles. The maximum Gasteiger partial charge on any atom is 0.125 e. The van der Waals surface area contributed by atoms with Gasteiger partial charge in [0.05, 0.1) is 0 Å². The van der Waals surface area contributed by atoms with E-state index >= 15 is 0 Å². The molecular weight excluding hydrogens is 304 g/mol. The maximum absolute atomic E-state index is 6.49. The first-order chi connectivity index (χ1) is 9.16. The summed E-state index contributed by atoms with van der Waals surface area (Å²) in [5.74, 6) is 1.66. The van der Waals surface area contributed by atoms with E-state index in [9.17, 15) is 0 Å². The first-order valence-corrected chi connectivity index (χ1v) is 7.92.